The summed E-state index contributed by atoms with van der Waals surface area (Å²) in [6, 6.07) is -0.615. The Morgan fingerprint density at radius 2 is 0.787 bits per heavy atom. The third-order valence-corrected chi connectivity index (χ3v) is 10.0. The van der Waals surface area contributed by atoms with Crippen LogP contribution in [-0.4, -0.2) is 34.9 Å². The number of aliphatic hydroxyl groups is 2. The van der Waals surface area contributed by atoms with Crippen LogP contribution in [0.4, 0.5) is 0 Å². The Hall–Kier alpha value is -0.870. The van der Waals surface area contributed by atoms with E-state index >= 15 is 0 Å². The highest BCUT2D eigenvalue weighted by Crippen LogP contribution is 2.16. The zero-order valence-electron chi connectivity index (χ0n) is 32.1. The molecule has 0 spiro atoms. The second kappa shape index (κ2) is 39.6. The Morgan fingerprint density at radius 3 is 1.11 bits per heavy atom. The molecule has 0 aromatic heterocycles. The van der Waals surface area contributed by atoms with Gasteiger partial charge in [0.15, 0.2) is 0 Å². The third kappa shape index (κ3) is 36.2. The molecule has 4 nitrogen and oxygen atoms in total. The number of amides is 1. The van der Waals surface area contributed by atoms with Crippen molar-refractivity contribution in [3.63, 3.8) is 0 Å². The molecule has 0 heterocycles. The van der Waals surface area contributed by atoms with Gasteiger partial charge >= 0.3 is 0 Å². The lowest BCUT2D eigenvalue weighted by Gasteiger charge is -2.20. The van der Waals surface area contributed by atoms with Gasteiger partial charge in [-0.15, -0.1) is 0 Å². The van der Waals surface area contributed by atoms with Gasteiger partial charge in [0.05, 0.1) is 18.8 Å². The van der Waals surface area contributed by atoms with E-state index in [2.05, 4.69) is 19.2 Å². The Bertz CT molecular complexity index is 637. The minimum absolute atomic E-state index is 0.0621. The van der Waals surface area contributed by atoms with Crippen LogP contribution in [0.3, 0.4) is 0 Å². The molecule has 1 amide bonds. The Kier molecular flexibility index (Phi) is 38.8. The van der Waals surface area contributed by atoms with Gasteiger partial charge in [0.1, 0.15) is 0 Å². The maximum Gasteiger partial charge on any atom is 0.220 e. The fourth-order valence-corrected chi connectivity index (χ4v) is 6.71. The molecule has 3 N–H and O–H groups in total. The molecule has 0 bridgehead atoms. The standard InChI is InChI=1S/C43H85NO3/c1-3-5-7-9-11-13-15-17-18-19-20-21-22-23-24-25-26-27-28-30-32-34-36-38-42(46)41(40-45)44-43(47)39-37-35-33-31-29-16-14-12-10-8-6-4-2/h36,38,41-42,45-46H,3-35,37,39-40H2,1-2H3,(H,44,47)/b38-36+. The molecule has 280 valence electrons. The number of rotatable bonds is 39. The predicted octanol–water partition coefficient (Wildman–Crippen LogP) is 13.1. The van der Waals surface area contributed by atoms with Crippen molar-refractivity contribution >= 4 is 5.91 Å². The van der Waals surface area contributed by atoms with Crippen molar-refractivity contribution in [2.24, 2.45) is 0 Å². The molecule has 0 aliphatic heterocycles. The summed E-state index contributed by atoms with van der Waals surface area (Å²) < 4.78 is 0. The Morgan fingerprint density at radius 1 is 0.489 bits per heavy atom. The normalized spacial score (nSPS) is 13.0. The van der Waals surface area contributed by atoms with Crippen LogP contribution in [-0.2, 0) is 4.79 Å². The maximum absolute atomic E-state index is 12.3. The van der Waals surface area contributed by atoms with E-state index in [1.54, 1.807) is 6.08 Å². The lowest BCUT2D eigenvalue weighted by Crippen LogP contribution is -2.45. The van der Waals surface area contributed by atoms with Gasteiger partial charge in [-0.3, -0.25) is 4.79 Å². The number of carbonyl (C=O) groups excluding carboxylic acids is 1. The van der Waals surface area contributed by atoms with Gasteiger partial charge in [0.25, 0.3) is 0 Å². The van der Waals surface area contributed by atoms with E-state index < -0.39 is 12.1 Å². The van der Waals surface area contributed by atoms with E-state index in [0.717, 1.165) is 25.7 Å². The lowest BCUT2D eigenvalue weighted by atomic mass is 10.0. The van der Waals surface area contributed by atoms with Gasteiger partial charge in [-0.25, -0.2) is 0 Å². The number of hydrogen-bond acceptors (Lipinski definition) is 3. The molecule has 0 aliphatic rings. The van der Waals surface area contributed by atoms with Crippen molar-refractivity contribution in [2.45, 2.75) is 251 Å². The van der Waals surface area contributed by atoms with Crippen LogP contribution in [0.15, 0.2) is 12.2 Å². The van der Waals surface area contributed by atoms with Gasteiger partial charge in [0, 0.05) is 6.42 Å². The first-order valence-corrected chi connectivity index (χ1v) is 21.4. The van der Waals surface area contributed by atoms with Crippen LogP contribution in [0.2, 0.25) is 0 Å². The average Bonchev–Trinajstić information content (AvgIpc) is 3.07. The van der Waals surface area contributed by atoms with Gasteiger partial charge < -0.3 is 15.5 Å². The molecule has 0 fully saturated rings. The largest absolute Gasteiger partial charge is 0.394 e. The van der Waals surface area contributed by atoms with Crippen molar-refractivity contribution < 1.29 is 15.0 Å². The highest BCUT2D eigenvalue weighted by Gasteiger charge is 2.17. The third-order valence-electron chi connectivity index (χ3n) is 10.0. The van der Waals surface area contributed by atoms with Crippen LogP contribution in [0.5, 0.6) is 0 Å². The Labute approximate surface area is 295 Å². The van der Waals surface area contributed by atoms with Crippen LogP contribution in [0.25, 0.3) is 0 Å². The maximum atomic E-state index is 12.3. The summed E-state index contributed by atoms with van der Waals surface area (Å²) in [5, 5.41) is 23.0. The van der Waals surface area contributed by atoms with E-state index in [1.807, 2.05) is 6.08 Å². The smallest absolute Gasteiger partial charge is 0.220 e. The first-order valence-electron chi connectivity index (χ1n) is 21.4. The molecule has 2 unspecified atom stereocenters. The highest BCUT2D eigenvalue weighted by atomic mass is 16.3. The number of aliphatic hydroxyl groups excluding tert-OH is 2. The summed E-state index contributed by atoms with van der Waals surface area (Å²) in [5.74, 6) is -0.0621. The summed E-state index contributed by atoms with van der Waals surface area (Å²) in [4.78, 5) is 12.3. The van der Waals surface area contributed by atoms with Crippen molar-refractivity contribution in [2.75, 3.05) is 6.61 Å². The molecular weight excluding hydrogens is 578 g/mol. The first kappa shape index (κ1) is 46.1. The molecule has 0 aliphatic carbocycles. The SMILES string of the molecule is CCCCCCCCCCCCCCCCCCCCCCC/C=C/C(O)C(CO)NC(=O)CCCCCCCCCCCCCC. The van der Waals surface area contributed by atoms with Crippen LogP contribution >= 0.6 is 0 Å². The number of carbonyl (C=O) groups is 1. The monoisotopic (exact) mass is 664 g/mol. The molecule has 0 saturated heterocycles. The molecular formula is C43H85NO3. The second-order valence-corrected chi connectivity index (χ2v) is 14.8. The predicted molar refractivity (Wildman–Crippen MR) is 207 cm³/mol. The average molecular weight is 664 g/mol. The van der Waals surface area contributed by atoms with Gasteiger partial charge in [-0.2, -0.15) is 0 Å². The number of nitrogens with one attached hydrogen (secondary N) is 1. The molecule has 0 aromatic rings. The van der Waals surface area contributed by atoms with Crippen molar-refractivity contribution in [1.82, 2.24) is 5.32 Å². The second-order valence-electron chi connectivity index (χ2n) is 14.8. The summed E-state index contributed by atoms with van der Waals surface area (Å²) in [6.45, 7) is 4.32. The molecule has 0 saturated carbocycles. The van der Waals surface area contributed by atoms with Crippen molar-refractivity contribution in [1.29, 1.82) is 0 Å². The summed E-state index contributed by atoms with van der Waals surface area (Å²) in [7, 11) is 0. The lowest BCUT2D eigenvalue weighted by molar-refractivity contribution is -0.123. The quantitative estimate of drug-likeness (QED) is 0.0453. The number of hydrogen-bond donors (Lipinski definition) is 3. The molecule has 47 heavy (non-hydrogen) atoms. The van der Waals surface area contributed by atoms with Crippen LogP contribution in [0, 0.1) is 0 Å². The van der Waals surface area contributed by atoms with Crippen molar-refractivity contribution in [3.8, 4) is 0 Å². The molecule has 0 rings (SSSR count). The fourth-order valence-electron chi connectivity index (χ4n) is 6.71. The summed E-state index contributed by atoms with van der Waals surface area (Å²) in [6.07, 6.45) is 48.9. The van der Waals surface area contributed by atoms with Crippen LogP contribution in [0.1, 0.15) is 239 Å². The van der Waals surface area contributed by atoms with E-state index in [9.17, 15) is 15.0 Å². The topological polar surface area (TPSA) is 69.6 Å². The zero-order chi connectivity index (χ0) is 34.3. The van der Waals surface area contributed by atoms with Gasteiger partial charge in [0.2, 0.25) is 5.91 Å². The van der Waals surface area contributed by atoms with Gasteiger partial charge in [-0.05, 0) is 19.3 Å². The van der Waals surface area contributed by atoms with Crippen molar-refractivity contribution in [3.05, 3.63) is 12.2 Å². The van der Waals surface area contributed by atoms with E-state index in [0.29, 0.717) is 6.42 Å². The van der Waals surface area contributed by atoms with E-state index in [1.165, 1.54) is 193 Å². The molecule has 0 aromatic carbocycles. The molecule has 0 radical (unpaired) electrons. The Balaban J connectivity index is 3.50. The summed E-state index contributed by atoms with van der Waals surface area (Å²) in [5.41, 5.74) is 0. The summed E-state index contributed by atoms with van der Waals surface area (Å²) >= 11 is 0. The van der Waals surface area contributed by atoms with E-state index in [-0.39, 0.29) is 12.5 Å². The first-order chi connectivity index (χ1) is 23.2. The molecule has 4 heteroatoms. The minimum atomic E-state index is -0.833. The highest BCUT2D eigenvalue weighted by molar-refractivity contribution is 5.76. The van der Waals surface area contributed by atoms with E-state index in [4.69, 9.17) is 0 Å². The number of unbranched alkanes of at least 4 members (excludes halogenated alkanes) is 32. The number of allylic oxidation sites excluding steroid dienone is 1. The fraction of sp³-hybridized carbons (Fsp3) is 0.930. The van der Waals surface area contributed by atoms with Gasteiger partial charge in [-0.1, -0.05) is 225 Å². The minimum Gasteiger partial charge on any atom is -0.394 e. The zero-order valence-corrected chi connectivity index (χ0v) is 32.1. The molecule has 2 atom stereocenters. The van der Waals surface area contributed by atoms with Crippen LogP contribution < -0.4 is 5.32 Å².